The maximum atomic E-state index is 14.6. The summed E-state index contributed by atoms with van der Waals surface area (Å²) in [5.41, 5.74) is 1.58. The predicted octanol–water partition coefficient (Wildman–Crippen LogP) is 6.42. The van der Waals surface area contributed by atoms with Gasteiger partial charge < -0.3 is 15.0 Å². The van der Waals surface area contributed by atoms with Gasteiger partial charge in [0.15, 0.2) is 0 Å². The second kappa shape index (κ2) is 16.6. The number of aryl methyl sites for hydroxylation is 1. The van der Waals surface area contributed by atoms with Crippen molar-refractivity contribution in [2.24, 2.45) is 0 Å². The van der Waals surface area contributed by atoms with Crippen molar-refractivity contribution in [1.82, 2.24) is 10.2 Å². The number of carbonyl (C=O) groups excluding carboxylic acids is 2. The fourth-order valence-corrected chi connectivity index (χ4v) is 6.83. The largest absolute Gasteiger partial charge is 0.497 e. The van der Waals surface area contributed by atoms with Crippen LogP contribution in [0.5, 0.6) is 5.75 Å². The van der Waals surface area contributed by atoms with Crippen LogP contribution in [-0.4, -0.2) is 55.8 Å². The Morgan fingerprint density at radius 2 is 1.61 bits per heavy atom. The lowest BCUT2D eigenvalue weighted by Gasteiger charge is -2.34. The zero-order chi connectivity index (χ0) is 35.7. The minimum atomic E-state index is -4.55. The number of hydrogen-bond acceptors (Lipinski definition) is 7. The van der Waals surface area contributed by atoms with E-state index in [0.717, 1.165) is 26.0 Å². The number of halogens is 1. The fraction of sp³-hybridized carbons (Fsp3) is 0.278. The highest BCUT2D eigenvalue weighted by molar-refractivity contribution is 9.10. The second-order valence-electron chi connectivity index (χ2n) is 11.6. The molecule has 2 unspecified atom stereocenters. The number of ether oxygens (including phenoxy) is 1. The Morgan fingerprint density at radius 1 is 0.959 bits per heavy atom. The number of methoxy groups -OCH3 is 1. The Morgan fingerprint density at radius 3 is 2.20 bits per heavy atom. The third kappa shape index (κ3) is 9.45. The molecule has 0 heterocycles. The van der Waals surface area contributed by atoms with E-state index in [2.05, 4.69) is 21.2 Å². The molecule has 0 fully saturated rings. The molecule has 0 aliphatic carbocycles. The van der Waals surface area contributed by atoms with Gasteiger partial charge in [-0.3, -0.25) is 24.0 Å². The molecule has 258 valence electrons. The monoisotopic (exact) mass is 750 g/mol. The van der Waals surface area contributed by atoms with E-state index in [0.29, 0.717) is 12.2 Å². The zero-order valence-corrected chi connectivity index (χ0v) is 30.1. The molecule has 1 N–H and O–H groups in total. The molecule has 2 amide bonds. The molecule has 0 radical (unpaired) electrons. The highest BCUT2D eigenvalue weighted by Crippen LogP contribution is 2.30. The number of anilines is 1. The Bertz CT molecular complexity index is 1870. The molecule has 49 heavy (non-hydrogen) atoms. The zero-order valence-electron chi connectivity index (χ0n) is 27.7. The SMILES string of the molecule is CCC(C)NC(=O)C(Cc1ccccc1)N(Cc1ccc(Br)cc1)C(=O)CN(c1ccc(OC)cc1)S(=O)(=O)c1ccc(C)c([N+](=O)[O-])c1. The van der Waals surface area contributed by atoms with E-state index in [4.69, 9.17) is 4.74 Å². The molecule has 11 nitrogen and oxygen atoms in total. The van der Waals surface area contributed by atoms with Crippen molar-refractivity contribution in [3.8, 4) is 5.75 Å². The van der Waals surface area contributed by atoms with Gasteiger partial charge >= 0.3 is 0 Å². The van der Waals surface area contributed by atoms with E-state index in [-0.39, 0.29) is 46.7 Å². The number of carbonyl (C=O) groups is 2. The third-order valence-corrected chi connectivity index (χ3v) is 10.4. The number of sulfonamides is 1. The molecule has 4 rings (SSSR count). The normalized spacial score (nSPS) is 12.4. The number of nitrogens with zero attached hydrogens (tertiary/aromatic N) is 3. The quantitative estimate of drug-likeness (QED) is 0.109. The first kappa shape index (κ1) is 37.1. The van der Waals surface area contributed by atoms with E-state index in [9.17, 15) is 28.1 Å². The maximum absolute atomic E-state index is 14.6. The number of nitrogens with one attached hydrogen (secondary N) is 1. The fourth-order valence-electron chi connectivity index (χ4n) is 5.13. The molecule has 4 aromatic rings. The molecule has 0 aromatic heterocycles. The average molecular weight is 752 g/mol. The highest BCUT2D eigenvalue weighted by Gasteiger charge is 2.35. The van der Waals surface area contributed by atoms with Crippen molar-refractivity contribution in [3.63, 3.8) is 0 Å². The van der Waals surface area contributed by atoms with Gasteiger partial charge in [-0.15, -0.1) is 0 Å². The van der Waals surface area contributed by atoms with Gasteiger partial charge in [0.05, 0.1) is 22.6 Å². The van der Waals surface area contributed by atoms with Gasteiger partial charge in [0.1, 0.15) is 18.3 Å². The van der Waals surface area contributed by atoms with Crippen molar-refractivity contribution in [2.45, 2.75) is 57.1 Å². The summed E-state index contributed by atoms with van der Waals surface area (Å²) in [6.45, 7) is 4.63. The van der Waals surface area contributed by atoms with E-state index in [1.165, 1.54) is 43.2 Å². The van der Waals surface area contributed by atoms with Crippen molar-refractivity contribution in [1.29, 1.82) is 0 Å². The van der Waals surface area contributed by atoms with Crippen LogP contribution in [0.1, 0.15) is 37.0 Å². The lowest BCUT2D eigenvalue weighted by Crippen LogP contribution is -2.54. The summed E-state index contributed by atoms with van der Waals surface area (Å²) in [6.07, 6.45) is 0.835. The molecule has 0 aliphatic rings. The lowest BCUT2D eigenvalue weighted by atomic mass is 10.0. The molecule has 0 saturated carbocycles. The second-order valence-corrected chi connectivity index (χ2v) is 14.4. The van der Waals surface area contributed by atoms with Crippen molar-refractivity contribution < 1.29 is 27.7 Å². The summed E-state index contributed by atoms with van der Waals surface area (Å²) in [6, 6.07) is 25.1. The van der Waals surface area contributed by atoms with Gasteiger partial charge in [-0.25, -0.2) is 8.42 Å². The highest BCUT2D eigenvalue weighted by atomic mass is 79.9. The molecule has 0 spiro atoms. The van der Waals surface area contributed by atoms with Crippen LogP contribution in [0.15, 0.2) is 106 Å². The summed E-state index contributed by atoms with van der Waals surface area (Å²) in [5, 5.41) is 14.7. The molecule has 4 aromatic carbocycles. The van der Waals surface area contributed by atoms with E-state index in [1.54, 1.807) is 12.1 Å². The van der Waals surface area contributed by atoms with Crippen molar-refractivity contribution >= 4 is 49.1 Å². The summed E-state index contributed by atoms with van der Waals surface area (Å²) in [4.78, 5) is 40.7. The minimum Gasteiger partial charge on any atom is -0.497 e. The summed E-state index contributed by atoms with van der Waals surface area (Å²) >= 11 is 3.43. The summed E-state index contributed by atoms with van der Waals surface area (Å²) < 4.78 is 35.6. The molecular weight excluding hydrogens is 712 g/mol. The van der Waals surface area contributed by atoms with Crippen LogP contribution in [0.3, 0.4) is 0 Å². The van der Waals surface area contributed by atoms with E-state index < -0.39 is 33.4 Å². The van der Waals surface area contributed by atoms with Gasteiger partial charge in [-0.2, -0.15) is 0 Å². The molecule has 0 bridgehead atoms. The first-order chi connectivity index (χ1) is 23.3. The van der Waals surface area contributed by atoms with Gasteiger partial charge in [0.25, 0.3) is 15.7 Å². The predicted molar refractivity (Wildman–Crippen MR) is 192 cm³/mol. The first-order valence-electron chi connectivity index (χ1n) is 15.6. The summed E-state index contributed by atoms with van der Waals surface area (Å²) in [7, 11) is -3.08. The minimum absolute atomic E-state index is 0.00401. The van der Waals surface area contributed by atoms with Crippen LogP contribution >= 0.6 is 15.9 Å². The van der Waals surface area contributed by atoms with Crippen LogP contribution in [-0.2, 0) is 32.6 Å². The summed E-state index contributed by atoms with van der Waals surface area (Å²) in [5.74, 6) is -0.569. The number of benzene rings is 4. The Labute approximate surface area is 295 Å². The first-order valence-corrected chi connectivity index (χ1v) is 17.9. The number of amides is 2. The lowest BCUT2D eigenvalue weighted by molar-refractivity contribution is -0.385. The number of hydrogen-bond donors (Lipinski definition) is 1. The smallest absolute Gasteiger partial charge is 0.273 e. The third-order valence-electron chi connectivity index (χ3n) is 8.14. The van der Waals surface area contributed by atoms with Gasteiger partial charge in [0, 0.05) is 35.1 Å². The molecule has 2 atom stereocenters. The van der Waals surface area contributed by atoms with E-state index in [1.807, 2.05) is 68.4 Å². The van der Waals surface area contributed by atoms with Crippen molar-refractivity contribution in [2.75, 3.05) is 18.0 Å². The Balaban J connectivity index is 1.84. The van der Waals surface area contributed by atoms with Crippen LogP contribution in [0.4, 0.5) is 11.4 Å². The molecular formula is C36H39BrN4O7S. The topological polar surface area (TPSA) is 139 Å². The molecule has 0 aliphatic heterocycles. The number of rotatable bonds is 15. The molecule has 13 heteroatoms. The maximum Gasteiger partial charge on any atom is 0.273 e. The molecule has 0 saturated heterocycles. The Hall–Kier alpha value is -4.75. The van der Waals surface area contributed by atoms with Gasteiger partial charge in [0.2, 0.25) is 11.8 Å². The average Bonchev–Trinajstić information content (AvgIpc) is 3.09. The van der Waals surface area contributed by atoms with Crippen LogP contribution in [0, 0.1) is 17.0 Å². The van der Waals surface area contributed by atoms with Crippen LogP contribution < -0.4 is 14.4 Å². The standard InChI is InChI=1S/C36H39BrN4O7S/c1-5-26(3)38-36(43)34(21-27-9-7-6-8-10-27)39(23-28-12-14-29(37)15-13-28)35(42)24-40(30-16-18-31(48-4)19-17-30)49(46,47)32-20-11-25(2)33(22-32)41(44)45/h6-20,22,26,34H,5,21,23-24H2,1-4H3,(H,38,43). The van der Waals surface area contributed by atoms with Crippen LogP contribution in [0.2, 0.25) is 0 Å². The van der Waals surface area contributed by atoms with Gasteiger partial charge in [-0.1, -0.05) is 71.4 Å². The Kier molecular flexibility index (Phi) is 12.5. The van der Waals surface area contributed by atoms with E-state index >= 15 is 0 Å². The van der Waals surface area contributed by atoms with Gasteiger partial charge in [-0.05, 0) is 73.9 Å². The van der Waals surface area contributed by atoms with Crippen LogP contribution in [0.25, 0.3) is 0 Å². The number of nitro benzene ring substituents is 1. The number of nitro groups is 1. The van der Waals surface area contributed by atoms with Crippen molar-refractivity contribution in [3.05, 3.63) is 128 Å².